The normalized spacial score (nSPS) is 17.0. The molecule has 0 saturated heterocycles. The van der Waals surface area contributed by atoms with E-state index >= 15 is 0 Å². The molecule has 0 bridgehead atoms. The number of fused-ring (bicyclic) bond motifs is 2. The Labute approximate surface area is 158 Å². The molecule has 2 heterocycles. The fourth-order valence-corrected chi connectivity index (χ4v) is 4.08. The van der Waals surface area contributed by atoms with Crippen molar-refractivity contribution in [1.29, 1.82) is 0 Å². The number of nitrogens with zero attached hydrogens (tertiary/aromatic N) is 4. The maximum Gasteiger partial charge on any atom is 0.162 e. The van der Waals surface area contributed by atoms with Crippen molar-refractivity contribution < 1.29 is 0 Å². The second-order valence-electron chi connectivity index (χ2n) is 7.23. The lowest BCUT2D eigenvalue weighted by molar-refractivity contribution is 0.295. The van der Waals surface area contributed by atoms with Crippen LogP contribution in [-0.2, 0) is 6.54 Å². The average molecular weight is 352 g/mol. The SMILES string of the molecule is CN1Cc2cc(-c3ncncn3)ccc2C(c2ccc3ccccc3c2)C1. The molecule has 5 rings (SSSR count). The molecular formula is C23H20N4. The van der Waals surface area contributed by atoms with Crippen molar-refractivity contribution in [3.63, 3.8) is 0 Å². The van der Waals surface area contributed by atoms with E-state index in [0.29, 0.717) is 5.92 Å². The lowest BCUT2D eigenvalue weighted by atomic mass is 9.83. The Morgan fingerprint density at radius 2 is 1.70 bits per heavy atom. The zero-order valence-corrected chi connectivity index (χ0v) is 15.2. The first-order chi connectivity index (χ1) is 13.3. The third-order valence-electron chi connectivity index (χ3n) is 5.38. The summed E-state index contributed by atoms with van der Waals surface area (Å²) in [6, 6.07) is 22.0. The van der Waals surface area contributed by atoms with Gasteiger partial charge in [-0.15, -0.1) is 0 Å². The van der Waals surface area contributed by atoms with Crippen LogP contribution in [0.25, 0.3) is 22.2 Å². The van der Waals surface area contributed by atoms with Gasteiger partial charge in [-0.2, -0.15) is 0 Å². The highest BCUT2D eigenvalue weighted by Gasteiger charge is 2.25. The summed E-state index contributed by atoms with van der Waals surface area (Å²) in [5.74, 6) is 1.10. The molecule has 1 aliphatic heterocycles. The highest BCUT2D eigenvalue weighted by Crippen LogP contribution is 2.35. The zero-order chi connectivity index (χ0) is 18.2. The van der Waals surface area contributed by atoms with E-state index in [2.05, 4.69) is 87.6 Å². The van der Waals surface area contributed by atoms with Gasteiger partial charge in [0.2, 0.25) is 0 Å². The van der Waals surface area contributed by atoms with Gasteiger partial charge >= 0.3 is 0 Å². The van der Waals surface area contributed by atoms with E-state index in [0.717, 1.165) is 24.5 Å². The predicted molar refractivity (Wildman–Crippen MR) is 107 cm³/mol. The monoisotopic (exact) mass is 352 g/mol. The number of hydrogen-bond donors (Lipinski definition) is 0. The molecule has 1 unspecified atom stereocenters. The van der Waals surface area contributed by atoms with Crippen LogP contribution < -0.4 is 0 Å². The van der Waals surface area contributed by atoms with Gasteiger partial charge in [0.25, 0.3) is 0 Å². The zero-order valence-electron chi connectivity index (χ0n) is 15.2. The van der Waals surface area contributed by atoms with Crippen LogP contribution in [0.4, 0.5) is 0 Å². The number of benzene rings is 3. The molecule has 4 aromatic rings. The Morgan fingerprint density at radius 3 is 2.56 bits per heavy atom. The van der Waals surface area contributed by atoms with Crippen molar-refractivity contribution in [3.8, 4) is 11.4 Å². The molecule has 0 saturated carbocycles. The van der Waals surface area contributed by atoms with E-state index in [1.165, 1.54) is 27.5 Å². The summed E-state index contributed by atoms with van der Waals surface area (Å²) >= 11 is 0. The largest absolute Gasteiger partial charge is 0.301 e. The summed E-state index contributed by atoms with van der Waals surface area (Å²) in [5, 5.41) is 2.59. The van der Waals surface area contributed by atoms with Crippen LogP contribution in [-0.4, -0.2) is 33.4 Å². The molecule has 4 nitrogen and oxygen atoms in total. The van der Waals surface area contributed by atoms with Crippen molar-refractivity contribution in [3.05, 3.63) is 90.0 Å². The molecule has 0 spiro atoms. The Balaban J connectivity index is 1.59. The van der Waals surface area contributed by atoms with E-state index in [4.69, 9.17) is 0 Å². The third kappa shape index (κ3) is 2.98. The second kappa shape index (κ2) is 6.56. The van der Waals surface area contributed by atoms with Crippen LogP contribution in [0.2, 0.25) is 0 Å². The molecule has 3 aromatic carbocycles. The summed E-state index contributed by atoms with van der Waals surface area (Å²) in [5.41, 5.74) is 5.17. The van der Waals surface area contributed by atoms with E-state index in [1.54, 1.807) is 12.7 Å². The van der Waals surface area contributed by atoms with Gasteiger partial charge < -0.3 is 4.90 Å². The van der Waals surface area contributed by atoms with Gasteiger partial charge in [0, 0.05) is 24.6 Å². The minimum atomic E-state index is 0.371. The molecule has 1 atom stereocenters. The summed E-state index contributed by atoms with van der Waals surface area (Å²) in [4.78, 5) is 14.9. The molecule has 1 aliphatic rings. The summed E-state index contributed by atoms with van der Waals surface area (Å²) in [6.07, 6.45) is 3.09. The van der Waals surface area contributed by atoms with Crippen molar-refractivity contribution in [2.24, 2.45) is 0 Å². The van der Waals surface area contributed by atoms with Crippen molar-refractivity contribution in [2.45, 2.75) is 12.5 Å². The Kier molecular flexibility index (Phi) is 3.91. The maximum atomic E-state index is 4.29. The summed E-state index contributed by atoms with van der Waals surface area (Å²) in [7, 11) is 2.19. The Morgan fingerprint density at radius 1 is 0.889 bits per heavy atom. The minimum absolute atomic E-state index is 0.371. The molecule has 132 valence electrons. The first-order valence-corrected chi connectivity index (χ1v) is 9.20. The fraction of sp³-hybridized carbons (Fsp3) is 0.174. The quantitative estimate of drug-likeness (QED) is 0.540. The number of hydrogen-bond acceptors (Lipinski definition) is 4. The van der Waals surface area contributed by atoms with Crippen LogP contribution in [0.15, 0.2) is 73.3 Å². The van der Waals surface area contributed by atoms with Crippen LogP contribution in [0, 0.1) is 0 Å². The average Bonchev–Trinajstić information content (AvgIpc) is 2.73. The molecule has 0 N–H and O–H groups in total. The molecular weight excluding hydrogens is 332 g/mol. The van der Waals surface area contributed by atoms with Crippen LogP contribution >= 0.6 is 0 Å². The van der Waals surface area contributed by atoms with Gasteiger partial charge in [0.1, 0.15) is 12.7 Å². The Hall–Kier alpha value is -3.11. The van der Waals surface area contributed by atoms with E-state index in [-0.39, 0.29) is 0 Å². The highest BCUT2D eigenvalue weighted by atomic mass is 15.1. The first-order valence-electron chi connectivity index (χ1n) is 9.20. The number of aromatic nitrogens is 3. The second-order valence-corrected chi connectivity index (χ2v) is 7.23. The topological polar surface area (TPSA) is 41.9 Å². The third-order valence-corrected chi connectivity index (χ3v) is 5.38. The van der Waals surface area contributed by atoms with Gasteiger partial charge in [0.05, 0.1) is 0 Å². The Bertz CT molecular complexity index is 1110. The molecule has 0 fully saturated rings. The molecule has 0 aliphatic carbocycles. The summed E-state index contributed by atoms with van der Waals surface area (Å²) < 4.78 is 0. The molecule has 0 radical (unpaired) electrons. The highest BCUT2D eigenvalue weighted by molar-refractivity contribution is 5.83. The van der Waals surface area contributed by atoms with Crippen LogP contribution in [0.5, 0.6) is 0 Å². The summed E-state index contributed by atoms with van der Waals surface area (Å²) in [6.45, 7) is 1.97. The van der Waals surface area contributed by atoms with Gasteiger partial charge in [0.15, 0.2) is 5.82 Å². The van der Waals surface area contributed by atoms with E-state index < -0.39 is 0 Å². The smallest absolute Gasteiger partial charge is 0.162 e. The molecule has 0 amide bonds. The van der Waals surface area contributed by atoms with Gasteiger partial charge in [-0.25, -0.2) is 15.0 Å². The van der Waals surface area contributed by atoms with Gasteiger partial charge in [-0.05, 0) is 40.6 Å². The van der Waals surface area contributed by atoms with Gasteiger partial charge in [-0.3, -0.25) is 0 Å². The lowest BCUT2D eigenvalue weighted by Gasteiger charge is -2.33. The van der Waals surface area contributed by atoms with E-state index in [9.17, 15) is 0 Å². The molecule has 4 heteroatoms. The van der Waals surface area contributed by atoms with Crippen LogP contribution in [0.3, 0.4) is 0 Å². The van der Waals surface area contributed by atoms with E-state index in [1.807, 2.05) is 0 Å². The number of rotatable bonds is 2. The lowest BCUT2D eigenvalue weighted by Crippen LogP contribution is -2.31. The first kappa shape index (κ1) is 16.1. The van der Waals surface area contributed by atoms with Crippen molar-refractivity contribution >= 4 is 10.8 Å². The number of likely N-dealkylation sites (N-methyl/N-ethyl adjacent to an activating group) is 1. The van der Waals surface area contributed by atoms with Crippen molar-refractivity contribution in [2.75, 3.05) is 13.6 Å². The fourth-order valence-electron chi connectivity index (χ4n) is 4.08. The molecule has 27 heavy (non-hydrogen) atoms. The maximum absolute atomic E-state index is 4.29. The standard InChI is InChI=1S/C23H20N4/c1-27-12-20-11-19(23-25-14-24-15-26-23)8-9-21(20)22(13-27)18-7-6-16-4-2-3-5-17(16)10-18/h2-11,14-15,22H,12-13H2,1H3. The molecule has 1 aromatic heterocycles. The predicted octanol–water partition coefficient (Wildman–Crippen LogP) is 4.27. The van der Waals surface area contributed by atoms with Gasteiger partial charge in [-0.1, -0.05) is 54.6 Å². The minimum Gasteiger partial charge on any atom is -0.301 e. The van der Waals surface area contributed by atoms with Crippen molar-refractivity contribution in [1.82, 2.24) is 19.9 Å². The van der Waals surface area contributed by atoms with Crippen LogP contribution in [0.1, 0.15) is 22.6 Å².